The van der Waals surface area contributed by atoms with Gasteiger partial charge in [-0.2, -0.15) is 0 Å². The van der Waals surface area contributed by atoms with Crippen molar-refractivity contribution in [2.24, 2.45) is 0 Å². The molecule has 0 aliphatic rings. The summed E-state index contributed by atoms with van der Waals surface area (Å²) in [6, 6.07) is -0.630. The summed E-state index contributed by atoms with van der Waals surface area (Å²) >= 11 is 0. The SMILES string of the molecule is CCCCCC/C=C\C/C=C\CCCCCCCC(=O)OCCCCCCCCCCCCCCCCCCCC(=O)NC(CO)C(O)/C=C/CCCCCCCCC. The number of ether oxygens (including phenoxy) is 1. The molecular weight excluding hydrogens is 731 g/mol. The summed E-state index contributed by atoms with van der Waals surface area (Å²) < 4.78 is 5.46. The van der Waals surface area contributed by atoms with E-state index in [1.54, 1.807) is 6.08 Å². The topological polar surface area (TPSA) is 95.9 Å². The number of allylic oxidation sites excluding steroid dienone is 5. The van der Waals surface area contributed by atoms with Crippen LogP contribution in [0.1, 0.15) is 264 Å². The zero-order valence-corrected chi connectivity index (χ0v) is 39.2. The van der Waals surface area contributed by atoms with E-state index in [-0.39, 0.29) is 18.5 Å². The molecule has 0 saturated carbocycles. The fraction of sp³-hybridized carbons (Fsp3) is 0.849. The normalized spacial score (nSPS) is 12.9. The molecule has 0 radical (unpaired) electrons. The Hall–Kier alpha value is -1.92. The highest BCUT2D eigenvalue weighted by molar-refractivity contribution is 5.76. The van der Waals surface area contributed by atoms with Gasteiger partial charge in [-0.25, -0.2) is 0 Å². The molecular formula is C53H99NO5. The van der Waals surface area contributed by atoms with Gasteiger partial charge in [0.15, 0.2) is 0 Å². The van der Waals surface area contributed by atoms with Crippen molar-refractivity contribution in [2.45, 2.75) is 276 Å². The van der Waals surface area contributed by atoms with E-state index in [0.29, 0.717) is 19.4 Å². The highest BCUT2D eigenvalue weighted by Crippen LogP contribution is 2.16. The lowest BCUT2D eigenvalue weighted by molar-refractivity contribution is -0.143. The quantitative estimate of drug-likeness (QED) is 0.0323. The van der Waals surface area contributed by atoms with Gasteiger partial charge in [-0.05, 0) is 64.2 Å². The van der Waals surface area contributed by atoms with Crippen molar-refractivity contribution in [1.82, 2.24) is 5.32 Å². The van der Waals surface area contributed by atoms with E-state index >= 15 is 0 Å². The molecule has 0 aliphatic heterocycles. The molecule has 0 rings (SSSR count). The number of hydrogen-bond acceptors (Lipinski definition) is 5. The molecule has 6 nitrogen and oxygen atoms in total. The van der Waals surface area contributed by atoms with Crippen LogP contribution in [-0.4, -0.2) is 47.4 Å². The smallest absolute Gasteiger partial charge is 0.305 e. The van der Waals surface area contributed by atoms with E-state index in [1.165, 1.54) is 186 Å². The van der Waals surface area contributed by atoms with Crippen molar-refractivity contribution in [1.29, 1.82) is 0 Å². The van der Waals surface area contributed by atoms with Crippen LogP contribution in [0.2, 0.25) is 0 Å². The van der Waals surface area contributed by atoms with E-state index in [2.05, 4.69) is 43.5 Å². The molecule has 1 amide bonds. The van der Waals surface area contributed by atoms with Crippen molar-refractivity contribution in [3.63, 3.8) is 0 Å². The van der Waals surface area contributed by atoms with Crippen LogP contribution >= 0.6 is 0 Å². The van der Waals surface area contributed by atoms with E-state index in [1.807, 2.05) is 6.08 Å². The Kier molecular flexibility index (Phi) is 47.2. The van der Waals surface area contributed by atoms with Crippen LogP contribution in [0.15, 0.2) is 36.5 Å². The average molecular weight is 830 g/mol. The second kappa shape index (κ2) is 48.7. The number of rotatable bonds is 47. The summed E-state index contributed by atoms with van der Waals surface area (Å²) in [7, 11) is 0. The van der Waals surface area contributed by atoms with Gasteiger partial charge in [0.25, 0.3) is 0 Å². The predicted molar refractivity (Wildman–Crippen MR) is 255 cm³/mol. The van der Waals surface area contributed by atoms with Gasteiger partial charge < -0.3 is 20.3 Å². The summed E-state index contributed by atoms with van der Waals surface area (Å²) in [6.07, 6.45) is 58.6. The van der Waals surface area contributed by atoms with Crippen molar-refractivity contribution in [2.75, 3.05) is 13.2 Å². The second-order valence-electron chi connectivity index (χ2n) is 17.5. The van der Waals surface area contributed by atoms with Gasteiger partial charge in [0.05, 0.1) is 25.4 Å². The summed E-state index contributed by atoms with van der Waals surface area (Å²) in [5.74, 6) is -0.0871. The molecule has 0 bridgehead atoms. The molecule has 0 aromatic carbocycles. The molecule has 0 aromatic rings. The molecule has 0 heterocycles. The Balaban J connectivity index is 3.42. The number of carbonyl (C=O) groups excluding carboxylic acids is 2. The highest BCUT2D eigenvalue weighted by atomic mass is 16.5. The van der Waals surface area contributed by atoms with Crippen LogP contribution in [0.3, 0.4) is 0 Å². The Morgan fingerprint density at radius 3 is 1.31 bits per heavy atom. The van der Waals surface area contributed by atoms with Gasteiger partial charge in [0.2, 0.25) is 5.91 Å². The van der Waals surface area contributed by atoms with Crippen LogP contribution < -0.4 is 5.32 Å². The monoisotopic (exact) mass is 830 g/mol. The third-order valence-corrected chi connectivity index (χ3v) is 11.7. The van der Waals surface area contributed by atoms with Gasteiger partial charge >= 0.3 is 5.97 Å². The van der Waals surface area contributed by atoms with Crippen molar-refractivity contribution in [3.05, 3.63) is 36.5 Å². The minimum absolute atomic E-state index is 0.00991. The van der Waals surface area contributed by atoms with Gasteiger partial charge in [0, 0.05) is 12.8 Å². The highest BCUT2D eigenvalue weighted by Gasteiger charge is 2.18. The van der Waals surface area contributed by atoms with E-state index in [4.69, 9.17) is 4.74 Å². The van der Waals surface area contributed by atoms with Gasteiger partial charge in [-0.3, -0.25) is 9.59 Å². The van der Waals surface area contributed by atoms with E-state index in [9.17, 15) is 19.8 Å². The largest absolute Gasteiger partial charge is 0.466 e. The number of aliphatic hydroxyl groups excluding tert-OH is 2. The van der Waals surface area contributed by atoms with Crippen LogP contribution in [0.25, 0.3) is 0 Å². The second-order valence-corrected chi connectivity index (χ2v) is 17.5. The van der Waals surface area contributed by atoms with Gasteiger partial charge in [-0.1, -0.05) is 224 Å². The number of aliphatic hydroxyl groups is 2. The molecule has 3 N–H and O–H groups in total. The van der Waals surface area contributed by atoms with Crippen LogP contribution in [0.4, 0.5) is 0 Å². The third kappa shape index (κ3) is 45.4. The van der Waals surface area contributed by atoms with Crippen LogP contribution in [-0.2, 0) is 14.3 Å². The van der Waals surface area contributed by atoms with Crippen molar-refractivity contribution >= 4 is 11.9 Å². The number of hydrogen-bond donors (Lipinski definition) is 3. The lowest BCUT2D eigenvalue weighted by Crippen LogP contribution is -2.45. The van der Waals surface area contributed by atoms with Crippen molar-refractivity contribution in [3.8, 4) is 0 Å². The first-order valence-corrected chi connectivity index (χ1v) is 25.8. The van der Waals surface area contributed by atoms with Crippen molar-refractivity contribution < 1.29 is 24.5 Å². The Morgan fingerprint density at radius 1 is 0.475 bits per heavy atom. The predicted octanol–water partition coefficient (Wildman–Crippen LogP) is 15.3. The zero-order chi connectivity index (χ0) is 43.0. The van der Waals surface area contributed by atoms with Crippen LogP contribution in [0, 0.1) is 0 Å². The maximum absolute atomic E-state index is 12.4. The van der Waals surface area contributed by atoms with Crippen LogP contribution in [0.5, 0.6) is 0 Å². The summed E-state index contributed by atoms with van der Waals surface area (Å²) in [5, 5.41) is 22.9. The fourth-order valence-electron chi connectivity index (χ4n) is 7.66. The van der Waals surface area contributed by atoms with E-state index < -0.39 is 12.1 Å². The fourth-order valence-corrected chi connectivity index (χ4v) is 7.66. The summed E-state index contributed by atoms with van der Waals surface area (Å²) in [5.41, 5.74) is 0. The lowest BCUT2D eigenvalue weighted by atomic mass is 10.0. The average Bonchev–Trinajstić information content (AvgIpc) is 3.24. The molecule has 0 fully saturated rings. The molecule has 6 heteroatoms. The Bertz CT molecular complexity index is 962. The Labute approximate surface area is 366 Å². The molecule has 0 aromatic heterocycles. The number of unbranched alkanes of at least 4 members (excludes halogenated alkanes) is 32. The molecule has 59 heavy (non-hydrogen) atoms. The molecule has 0 spiro atoms. The van der Waals surface area contributed by atoms with Gasteiger partial charge in [-0.15, -0.1) is 0 Å². The Morgan fingerprint density at radius 2 is 0.847 bits per heavy atom. The standard InChI is InChI=1S/C53H99NO5/c1-3-5-7-9-11-13-14-15-16-21-24-27-31-35-39-43-47-53(58)59-48-44-40-36-32-28-25-22-19-17-18-20-23-26-30-34-38-42-46-52(57)54-50(49-55)51(56)45-41-37-33-29-12-10-8-6-4-2/h13-14,16,21,41,45,50-51,55-56H,3-12,15,17-20,22-40,42-44,46-49H2,1-2H3,(H,54,57)/b14-13-,21-16-,45-41+. The molecule has 346 valence electrons. The molecule has 0 saturated heterocycles. The lowest BCUT2D eigenvalue weighted by Gasteiger charge is -2.20. The number of esters is 1. The minimum Gasteiger partial charge on any atom is -0.466 e. The first-order chi connectivity index (χ1) is 29.0. The zero-order valence-electron chi connectivity index (χ0n) is 39.2. The number of amides is 1. The summed E-state index contributed by atoms with van der Waals surface area (Å²) in [4.78, 5) is 24.4. The molecule has 0 aliphatic carbocycles. The summed E-state index contributed by atoms with van der Waals surface area (Å²) in [6.45, 7) is 4.83. The minimum atomic E-state index is -0.846. The van der Waals surface area contributed by atoms with E-state index in [0.717, 1.165) is 51.4 Å². The first-order valence-electron chi connectivity index (χ1n) is 25.8. The molecule has 2 unspecified atom stereocenters. The number of nitrogens with one attached hydrogen (secondary N) is 1. The maximum Gasteiger partial charge on any atom is 0.305 e. The van der Waals surface area contributed by atoms with Gasteiger partial charge in [0.1, 0.15) is 0 Å². The number of carbonyl (C=O) groups is 2. The first kappa shape index (κ1) is 57.1. The molecule has 2 atom stereocenters. The third-order valence-electron chi connectivity index (χ3n) is 11.7. The maximum atomic E-state index is 12.4.